The Balaban J connectivity index is 1.19. The van der Waals surface area contributed by atoms with Gasteiger partial charge in [0.15, 0.2) is 0 Å². The monoisotopic (exact) mass is 412 g/mol. The van der Waals surface area contributed by atoms with Gasteiger partial charge < -0.3 is 9.64 Å². The maximum Gasteiger partial charge on any atom is 0.222 e. The highest BCUT2D eigenvalue weighted by molar-refractivity contribution is 7.88. The molecule has 0 aromatic rings. The van der Waals surface area contributed by atoms with Gasteiger partial charge in [-0.1, -0.05) is 25.7 Å². The standard InChI is InChI=1S/C21H36N2O4S/c1-28(25,26)23-17-7-8-18(23)15-20(14-17)27-19-10-12-22(13-11-19)21(24)9-6-16-4-2-3-5-16/h16-20H,2-15H2,1H3/t17-,18+,20?. The van der Waals surface area contributed by atoms with Crippen LogP contribution in [0.3, 0.4) is 0 Å². The van der Waals surface area contributed by atoms with Crippen molar-refractivity contribution in [2.45, 2.75) is 101 Å². The van der Waals surface area contributed by atoms with E-state index in [1.807, 2.05) is 4.90 Å². The number of carbonyl (C=O) groups is 1. The highest BCUT2D eigenvalue weighted by atomic mass is 32.2. The van der Waals surface area contributed by atoms with Crippen molar-refractivity contribution in [1.29, 1.82) is 0 Å². The molecule has 0 N–H and O–H groups in total. The van der Waals surface area contributed by atoms with Gasteiger partial charge >= 0.3 is 0 Å². The Bertz CT molecular complexity index is 639. The highest BCUT2D eigenvalue weighted by Crippen LogP contribution is 2.39. The van der Waals surface area contributed by atoms with E-state index in [9.17, 15) is 13.2 Å². The predicted molar refractivity (Wildman–Crippen MR) is 108 cm³/mol. The third kappa shape index (κ3) is 4.73. The van der Waals surface area contributed by atoms with Crippen molar-refractivity contribution in [2.75, 3.05) is 19.3 Å². The van der Waals surface area contributed by atoms with Crippen LogP contribution in [0.1, 0.15) is 77.0 Å². The van der Waals surface area contributed by atoms with E-state index < -0.39 is 10.0 Å². The molecular weight excluding hydrogens is 376 g/mol. The first-order valence-electron chi connectivity index (χ1n) is 11.3. The Morgan fingerprint density at radius 1 is 0.929 bits per heavy atom. The molecule has 3 heterocycles. The van der Waals surface area contributed by atoms with Gasteiger partial charge in [-0.3, -0.25) is 4.79 Å². The van der Waals surface area contributed by atoms with Crippen LogP contribution in [0, 0.1) is 5.92 Å². The molecular formula is C21H36N2O4S. The third-order valence-electron chi connectivity index (χ3n) is 7.43. The molecule has 0 aromatic carbocycles. The van der Waals surface area contributed by atoms with Gasteiger partial charge in [-0.2, -0.15) is 4.31 Å². The van der Waals surface area contributed by atoms with Crippen LogP contribution in [0.15, 0.2) is 0 Å². The third-order valence-corrected chi connectivity index (χ3v) is 8.79. The van der Waals surface area contributed by atoms with Crippen LogP contribution < -0.4 is 0 Å². The van der Waals surface area contributed by atoms with E-state index in [4.69, 9.17) is 4.74 Å². The summed E-state index contributed by atoms with van der Waals surface area (Å²) in [7, 11) is -3.11. The molecule has 7 heteroatoms. The van der Waals surface area contributed by atoms with Gasteiger partial charge in [0, 0.05) is 31.6 Å². The van der Waals surface area contributed by atoms with Crippen LogP contribution in [0.5, 0.6) is 0 Å². The summed E-state index contributed by atoms with van der Waals surface area (Å²) < 4.78 is 32.2. The largest absolute Gasteiger partial charge is 0.375 e. The maximum atomic E-state index is 12.5. The van der Waals surface area contributed by atoms with Crippen molar-refractivity contribution >= 4 is 15.9 Å². The fourth-order valence-electron chi connectivity index (χ4n) is 6.03. The summed E-state index contributed by atoms with van der Waals surface area (Å²) in [6.07, 6.45) is 14.2. The minimum Gasteiger partial charge on any atom is -0.375 e. The van der Waals surface area contributed by atoms with E-state index in [1.54, 1.807) is 4.31 Å². The minimum atomic E-state index is -3.11. The summed E-state index contributed by atoms with van der Waals surface area (Å²) in [6.45, 7) is 1.62. The lowest BCUT2D eigenvalue weighted by atomic mass is 9.99. The zero-order valence-corrected chi connectivity index (χ0v) is 18.0. The summed E-state index contributed by atoms with van der Waals surface area (Å²) in [5, 5.41) is 0. The SMILES string of the molecule is CS(=O)(=O)N1[C@@H]2CC[C@H]1CC(OC1CCN(C(=O)CCC3CCCC3)CC1)C2. The van der Waals surface area contributed by atoms with Crippen molar-refractivity contribution < 1.29 is 17.9 Å². The number of amides is 1. The average Bonchev–Trinajstić information content (AvgIpc) is 3.26. The summed E-state index contributed by atoms with van der Waals surface area (Å²) in [4.78, 5) is 14.5. The summed E-state index contributed by atoms with van der Waals surface area (Å²) in [5.41, 5.74) is 0. The Morgan fingerprint density at radius 2 is 1.54 bits per heavy atom. The molecule has 6 nitrogen and oxygen atoms in total. The normalized spacial score (nSPS) is 32.9. The van der Waals surface area contributed by atoms with E-state index in [1.165, 1.54) is 31.9 Å². The molecule has 3 saturated heterocycles. The first-order valence-corrected chi connectivity index (χ1v) is 13.2. The second-order valence-corrected chi connectivity index (χ2v) is 11.4. The number of nitrogens with zero attached hydrogens (tertiary/aromatic N) is 2. The Kier molecular flexibility index (Phi) is 6.33. The van der Waals surface area contributed by atoms with Crippen LogP contribution in [0.2, 0.25) is 0 Å². The zero-order valence-electron chi connectivity index (χ0n) is 17.2. The van der Waals surface area contributed by atoms with Crippen LogP contribution >= 0.6 is 0 Å². The molecule has 3 aliphatic heterocycles. The molecule has 0 aromatic heterocycles. The summed E-state index contributed by atoms with van der Waals surface area (Å²) in [6, 6.07) is 0.243. The second kappa shape index (κ2) is 8.60. The van der Waals surface area contributed by atoms with E-state index in [0.717, 1.165) is 64.0 Å². The molecule has 1 amide bonds. The topological polar surface area (TPSA) is 66.9 Å². The van der Waals surface area contributed by atoms with E-state index in [0.29, 0.717) is 12.3 Å². The van der Waals surface area contributed by atoms with Gasteiger partial charge in [0.05, 0.1) is 18.5 Å². The minimum absolute atomic E-state index is 0.121. The van der Waals surface area contributed by atoms with E-state index in [-0.39, 0.29) is 24.3 Å². The number of rotatable bonds is 6. The quantitative estimate of drug-likeness (QED) is 0.673. The van der Waals surface area contributed by atoms with Crippen LogP contribution in [-0.4, -0.2) is 67.2 Å². The van der Waals surface area contributed by atoms with E-state index in [2.05, 4.69) is 0 Å². The van der Waals surface area contributed by atoms with Crippen LogP contribution in [-0.2, 0) is 19.6 Å². The molecule has 28 heavy (non-hydrogen) atoms. The van der Waals surface area contributed by atoms with Crippen molar-refractivity contribution in [2.24, 2.45) is 5.92 Å². The van der Waals surface area contributed by atoms with Crippen molar-refractivity contribution in [1.82, 2.24) is 9.21 Å². The lowest BCUT2D eigenvalue weighted by Gasteiger charge is -2.40. The average molecular weight is 413 g/mol. The molecule has 2 bridgehead atoms. The number of ether oxygens (including phenoxy) is 1. The predicted octanol–water partition coefficient (Wildman–Crippen LogP) is 2.92. The lowest BCUT2D eigenvalue weighted by molar-refractivity contribution is -0.135. The van der Waals surface area contributed by atoms with Gasteiger partial charge in [0.1, 0.15) is 0 Å². The molecule has 0 spiro atoms. The van der Waals surface area contributed by atoms with Gasteiger partial charge in [-0.05, 0) is 50.9 Å². The summed E-state index contributed by atoms with van der Waals surface area (Å²) in [5.74, 6) is 1.10. The Labute approximate surface area is 170 Å². The second-order valence-electron chi connectivity index (χ2n) is 9.48. The number of hydrogen-bond acceptors (Lipinski definition) is 4. The molecule has 160 valence electrons. The number of sulfonamides is 1. The fraction of sp³-hybridized carbons (Fsp3) is 0.952. The molecule has 1 unspecified atom stereocenters. The number of piperidine rings is 2. The van der Waals surface area contributed by atoms with E-state index >= 15 is 0 Å². The Hall–Kier alpha value is -0.660. The molecule has 3 atom stereocenters. The Morgan fingerprint density at radius 3 is 2.11 bits per heavy atom. The first kappa shape index (κ1) is 20.6. The number of carbonyl (C=O) groups excluding carboxylic acids is 1. The smallest absolute Gasteiger partial charge is 0.222 e. The van der Waals surface area contributed by atoms with Gasteiger partial charge in [-0.15, -0.1) is 0 Å². The van der Waals surface area contributed by atoms with Crippen molar-refractivity contribution in [3.63, 3.8) is 0 Å². The molecule has 4 rings (SSSR count). The number of fused-ring (bicyclic) bond motifs is 2. The van der Waals surface area contributed by atoms with Crippen LogP contribution in [0.25, 0.3) is 0 Å². The molecule has 4 aliphatic rings. The molecule has 4 fully saturated rings. The van der Waals surface area contributed by atoms with Gasteiger partial charge in [-0.25, -0.2) is 8.42 Å². The zero-order chi connectivity index (χ0) is 19.7. The fourth-order valence-corrected chi connectivity index (χ4v) is 7.50. The van der Waals surface area contributed by atoms with Gasteiger partial charge in [0.25, 0.3) is 0 Å². The molecule has 0 radical (unpaired) electrons. The highest BCUT2D eigenvalue weighted by Gasteiger charge is 2.46. The number of likely N-dealkylation sites (tertiary alicyclic amines) is 1. The van der Waals surface area contributed by atoms with Crippen LogP contribution in [0.4, 0.5) is 0 Å². The first-order chi connectivity index (χ1) is 13.4. The van der Waals surface area contributed by atoms with Crippen molar-refractivity contribution in [3.05, 3.63) is 0 Å². The maximum absolute atomic E-state index is 12.5. The number of hydrogen-bond donors (Lipinski definition) is 0. The molecule has 1 aliphatic carbocycles. The lowest BCUT2D eigenvalue weighted by Crippen LogP contribution is -2.49. The van der Waals surface area contributed by atoms with Crippen molar-refractivity contribution in [3.8, 4) is 0 Å². The summed E-state index contributed by atoms with van der Waals surface area (Å²) >= 11 is 0. The van der Waals surface area contributed by atoms with Gasteiger partial charge in [0.2, 0.25) is 15.9 Å². The molecule has 1 saturated carbocycles.